The molecule has 1 aromatic carbocycles. The number of non-ortho nitro benzene ring substituents is 1. The minimum absolute atomic E-state index is 0.101. The molecular formula is C11H10ClN3O3. The van der Waals surface area contributed by atoms with E-state index >= 15 is 0 Å². The number of nitrogens with zero attached hydrogens (tertiary/aromatic N) is 2. The van der Waals surface area contributed by atoms with Crippen molar-refractivity contribution in [2.45, 2.75) is 13.0 Å². The first-order valence-electron chi connectivity index (χ1n) is 5.14. The number of nitro groups is 1. The molecule has 0 aliphatic rings. The molecule has 1 unspecified atom stereocenters. The van der Waals surface area contributed by atoms with E-state index in [9.17, 15) is 10.1 Å². The Hall–Kier alpha value is -1.92. The fourth-order valence-electron chi connectivity index (χ4n) is 1.45. The van der Waals surface area contributed by atoms with Gasteiger partial charge in [0.1, 0.15) is 0 Å². The fourth-order valence-corrected chi connectivity index (χ4v) is 1.68. The van der Waals surface area contributed by atoms with E-state index in [1.165, 1.54) is 18.3 Å². The van der Waals surface area contributed by atoms with E-state index in [1.807, 2.05) is 0 Å². The molecule has 6 nitrogen and oxygen atoms in total. The summed E-state index contributed by atoms with van der Waals surface area (Å²) in [5.74, 6) is 0.764. The van der Waals surface area contributed by atoms with Gasteiger partial charge in [-0.15, -0.1) is 0 Å². The Bertz CT molecular complexity index is 595. The monoisotopic (exact) mass is 267 g/mol. The maximum absolute atomic E-state index is 10.7. The molecule has 1 atom stereocenters. The van der Waals surface area contributed by atoms with Gasteiger partial charge in [-0.25, -0.2) is 4.98 Å². The molecule has 1 aromatic heterocycles. The van der Waals surface area contributed by atoms with Crippen LogP contribution in [0.4, 0.5) is 5.69 Å². The van der Waals surface area contributed by atoms with Gasteiger partial charge in [0.2, 0.25) is 5.89 Å². The number of hydrogen-bond acceptors (Lipinski definition) is 5. The van der Waals surface area contributed by atoms with Crippen LogP contribution in [0, 0.1) is 10.1 Å². The number of nitrogens with two attached hydrogens (primary N) is 1. The van der Waals surface area contributed by atoms with Crippen molar-refractivity contribution >= 4 is 17.3 Å². The van der Waals surface area contributed by atoms with E-state index < -0.39 is 4.92 Å². The minimum atomic E-state index is -0.516. The molecule has 7 heteroatoms. The summed E-state index contributed by atoms with van der Waals surface area (Å²) in [5, 5.41) is 11.0. The van der Waals surface area contributed by atoms with Crippen LogP contribution in [0.15, 0.2) is 28.8 Å². The highest BCUT2D eigenvalue weighted by molar-refractivity contribution is 6.31. The Morgan fingerprint density at radius 2 is 2.22 bits per heavy atom. The Morgan fingerprint density at radius 3 is 2.78 bits per heavy atom. The number of aromatic nitrogens is 1. The third-order valence-corrected chi connectivity index (χ3v) is 2.51. The molecule has 0 radical (unpaired) electrons. The molecule has 0 aliphatic heterocycles. The second-order valence-electron chi connectivity index (χ2n) is 3.81. The van der Waals surface area contributed by atoms with E-state index in [1.54, 1.807) is 13.0 Å². The van der Waals surface area contributed by atoms with Crippen molar-refractivity contribution in [1.29, 1.82) is 0 Å². The molecule has 0 bridgehead atoms. The Labute approximate surface area is 108 Å². The van der Waals surface area contributed by atoms with Crippen LogP contribution in [-0.4, -0.2) is 9.91 Å². The van der Waals surface area contributed by atoms with Gasteiger partial charge < -0.3 is 10.2 Å². The highest BCUT2D eigenvalue weighted by Crippen LogP contribution is 2.29. The lowest BCUT2D eigenvalue weighted by molar-refractivity contribution is -0.384. The van der Waals surface area contributed by atoms with Crippen molar-refractivity contribution in [2.75, 3.05) is 0 Å². The highest BCUT2D eigenvalue weighted by atomic mass is 35.5. The van der Waals surface area contributed by atoms with E-state index in [0.29, 0.717) is 17.2 Å². The lowest BCUT2D eigenvalue weighted by Gasteiger charge is -2.00. The third kappa shape index (κ3) is 2.49. The van der Waals surface area contributed by atoms with Crippen molar-refractivity contribution in [3.8, 4) is 11.3 Å². The lowest BCUT2D eigenvalue weighted by Crippen LogP contribution is -2.04. The zero-order chi connectivity index (χ0) is 13.3. The van der Waals surface area contributed by atoms with Crippen LogP contribution in [0.25, 0.3) is 11.3 Å². The first kappa shape index (κ1) is 12.5. The molecule has 0 spiro atoms. The zero-order valence-electron chi connectivity index (χ0n) is 9.46. The number of benzene rings is 1. The molecule has 0 fully saturated rings. The van der Waals surface area contributed by atoms with Crippen molar-refractivity contribution in [3.63, 3.8) is 0 Å². The molecule has 1 heterocycles. The van der Waals surface area contributed by atoms with Gasteiger partial charge in [-0.2, -0.15) is 0 Å². The van der Waals surface area contributed by atoms with E-state index in [2.05, 4.69) is 4.98 Å². The lowest BCUT2D eigenvalue weighted by atomic mass is 10.1. The van der Waals surface area contributed by atoms with Crippen molar-refractivity contribution in [3.05, 3.63) is 45.4 Å². The molecule has 0 saturated heterocycles. The van der Waals surface area contributed by atoms with Gasteiger partial charge >= 0.3 is 0 Å². The van der Waals surface area contributed by atoms with Gasteiger partial charge in [-0.3, -0.25) is 10.1 Å². The molecule has 94 valence electrons. The highest BCUT2D eigenvalue weighted by Gasteiger charge is 2.14. The second kappa shape index (κ2) is 4.75. The van der Waals surface area contributed by atoms with E-state index in [0.717, 1.165) is 0 Å². The Morgan fingerprint density at radius 1 is 1.50 bits per heavy atom. The van der Waals surface area contributed by atoms with Crippen molar-refractivity contribution in [2.24, 2.45) is 5.73 Å². The fraction of sp³-hybridized carbons (Fsp3) is 0.182. The topological polar surface area (TPSA) is 95.2 Å². The normalized spacial score (nSPS) is 12.4. The maximum atomic E-state index is 10.7. The van der Waals surface area contributed by atoms with Gasteiger partial charge in [0.15, 0.2) is 5.76 Å². The van der Waals surface area contributed by atoms with Crippen LogP contribution in [0.3, 0.4) is 0 Å². The van der Waals surface area contributed by atoms with Crippen LogP contribution < -0.4 is 5.73 Å². The molecule has 0 aliphatic carbocycles. The number of oxazole rings is 1. The van der Waals surface area contributed by atoms with Crippen LogP contribution >= 0.6 is 11.6 Å². The average molecular weight is 268 g/mol. The van der Waals surface area contributed by atoms with E-state index in [4.69, 9.17) is 21.8 Å². The molecular weight excluding hydrogens is 258 g/mol. The first-order chi connectivity index (χ1) is 8.47. The summed E-state index contributed by atoms with van der Waals surface area (Å²) in [6, 6.07) is 3.87. The van der Waals surface area contributed by atoms with E-state index in [-0.39, 0.29) is 16.8 Å². The minimum Gasteiger partial charge on any atom is -0.439 e. The van der Waals surface area contributed by atoms with Gasteiger partial charge in [-0.1, -0.05) is 11.6 Å². The quantitative estimate of drug-likeness (QED) is 0.681. The Balaban J connectivity index is 2.46. The SMILES string of the molecule is CC(N)c1ncc(-c2cc(Cl)cc([N+](=O)[O-])c2)o1. The van der Waals surface area contributed by atoms with Crippen LogP contribution in [-0.2, 0) is 0 Å². The van der Waals surface area contributed by atoms with Gasteiger partial charge in [0.25, 0.3) is 5.69 Å². The molecule has 0 amide bonds. The Kier molecular flexibility index (Phi) is 3.31. The number of halogens is 1. The summed E-state index contributed by atoms with van der Waals surface area (Å²) in [6.07, 6.45) is 1.47. The number of rotatable bonds is 3. The molecule has 2 aromatic rings. The summed E-state index contributed by atoms with van der Waals surface area (Å²) in [6.45, 7) is 1.73. The van der Waals surface area contributed by atoms with Gasteiger partial charge in [0, 0.05) is 22.7 Å². The summed E-state index contributed by atoms with van der Waals surface area (Å²) >= 11 is 5.82. The third-order valence-electron chi connectivity index (χ3n) is 2.29. The summed E-state index contributed by atoms with van der Waals surface area (Å²) in [7, 11) is 0. The molecule has 2 N–H and O–H groups in total. The number of hydrogen-bond donors (Lipinski definition) is 1. The van der Waals surface area contributed by atoms with Crippen LogP contribution in [0.5, 0.6) is 0 Å². The smallest absolute Gasteiger partial charge is 0.271 e. The van der Waals surface area contributed by atoms with Gasteiger partial charge in [0.05, 0.1) is 17.2 Å². The molecule has 2 rings (SSSR count). The predicted octanol–water partition coefficient (Wildman–Crippen LogP) is 2.92. The largest absolute Gasteiger partial charge is 0.439 e. The first-order valence-corrected chi connectivity index (χ1v) is 5.52. The average Bonchev–Trinajstić information content (AvgIpc) is 2.77. The van der Waals surface area contributed by atoms with Crippen molar-refractivity contribution < 1.29 is 9.34 Å². The summed E-state index contributed by atoms with van der Waals surface area (Å²) in [5.41, 5.74) is 6.02. The summed E-state index contributed by atoms with van der Waals surface area (Å²) < 4.78 is 5.40. The molecule has 0 saturated carbocycles. The van der Waals surface area contributed by atoms with Crippen molar-refractivity contribution in [1.82, 2.24) is 4.98 Å². The van der Waals surface area contributed by atoms with Crippen LogP contribution in [0.2, 0.25) is 5.02 Å². The second-order valence-corrected chi connectivity index (χ2v) is 4.24. The van der Waals surface area contributed by atoms with Crippen LogP contribution in [0.1, 0.15) is 18.9 Å². The summed E-state index contributed by atoms with van der Waals surface area (Å²) in [4.78, 5) is 14.2. The number of nitro benzene ring substituents is 1. The maximum Gasteiger partial charge on any atom is 0.271 e. The molecule has 18 heavy (non-hydrogen) atoms. The standard InChI is InChI=1S/C11H10ClN3O3/c1-6(13)11-14-5-10(18-11)7-2-8(12)4-9(3-7)15(16)17/h2-6H,13H2,1H3. The zero-order valence-corrected chi connectivity index (χ0v) is 10.2. The predicted molar refractivity (Wildman–Crippen MR) is 66.2 cm³/mol. The van der Waals surface area contributed by atoms with Gasteiger partial charge in [-0.05, 0) is 13.0 Å².